The molecular weight excluding hydrogens is 312 g/mol. The molecule has 0 amide bonds. The number of rotatable bonds is 5. The van der Waals surface area contributed by atoms with Crippen LogP contribution in [-0.4, -0.2) is 61.8 Å². The third-order valence-electron chi connectivity index (χ3n) is 3.78. The van der Waals surface area contributed by atoms with Gasteiger partial charge in [-0.15, -0.1) is 0 Å². The molecule has 1 aliphatic heterocycles. The lowest BCUT2D eigenvalue weighted by Gasteiger charge is -2.18. The number of nitrogens with zero attached hydrogens (tertiary/aromatic N) is 2. The van der Waals surface area contributed by atoms with Gasteiger partial charge < -0.3 is 5.11 Å². The molecule has 118 valence electrons. The molecular formula is C14H21ClN2O3S. The zero-order chi connectivity index (χ0) is 15.6. The molecule has 0 radical (unpaired) electrons. The third-order valence-corrected chi connectivity index (χ3v) is 6.00. The average Bonchev–Trinajstić information content (AvgIpc) is 2.72. The quantitative estimate of drug-likeness (QED) is 0.874. The Bertz CT molecular complexity index is 574. The normalized spacial score (nSPS) is 23.9. The van der Waals surface area contributed by atoms with Gasteiger partial charge in [0.15, 0.2) is 0 Å². The Labute approximate surface area is 131 Å². The van der Waals surface area contributed by atoms with Gasteiger partial charge in [0.05, 0.1) is 11.9 Å². The lowest BCUT2D eigenvalue weighted by atomic mass is 10.1. The molecule has 1 N–H and O–H groups in total. The van der Waals surface area contributed by atoms with Crippen molar-refractivity contribution in [2.24, 2.45) is 5.92 Å². The smallest absolute Gasteiger partial charge is 0.214 e. The summed E-state index contributed by atoms with van der Waals surface area (Å²) in [6.45, 7) is 1.76. The van der Waals surface area contributed by atoms with E-state index in [9.17, 15) is 13.5 Å². The van der Waals surface area contributed by atoms with Crippen LogP contribution in [0.2, 0.25) is 5.02 Å². The van der Waals surface area contributed by atoms with Crippen LogP contribution in [0, 0.1) is 5.92 Å². The fraction of sp³-hybridized carbons (Fsp3) is 0.571. The van der Waals surface area contributed by atoms with Crippen molar-refractivity contribution in [2.75, 3.05) is 32.9 Å². The number of aliphatic hydroxyl groups is 1. The highest BCUT2D eigenvalue weighted by Crippen LogP contribution is 2.22. The van der Waals surface area contributed by atoms with E-state index in [1.165, 1.54) is 18.4 Å². The molecule has 1 aliphatic rings. The Balaban J connectivity index is 1.96. The highest BCUT2D eigenvalue weighted by Gasteiger charge is 2.35. The summed E-state index contributed by atoms with van der Waals surface area (Å²) in [5.41, 5.74) is 1.10. The number of β-amino-alcohol motifs (C(OH)–C–C–N with tert-alkyl or cyclic N) is 1. The summed E-state index contributed by atoms with van der Waals surface area (Å²) in [6.07, 6.45) is -0.605. The molecule has 0 saturated carbocycles. The van der Waals surface area contributed by atoms with Crippen LogP contribution in [0.4, 0.5) is 0 Å². The number of halogens is 1. The molecule has 2 atom stereocenters. The summed E-state index contributed by atoms with van der Waals surface area (Å²) < 4.78 is 25.0. The van der Waals surface area contributed by atoms with Crippen molar-refractivity contribution in [1.29, 1.82) is 0 Å². The van der Waals surface area contributed by atoms with Gasteiger partial charge in [-0.1, -0.05) is 23.7 Å². The molecule has 1 aromatic carbocycles. The Hall–Kier alpha value is -0.660. The summed E-state index contributed by atoms with van der Waals surface area (Å²) in [5, 5.41) is 10.8. The zero-order valence-corrected chi connectivity index (χ0v) is 13.8. The van der Waals surface area contributed by atoms with Crippen LogP contribution < -0.4 is 0 Å². The fourth-order valence-electron chi connectivity index (χ4n) is 2.50. The van der Waals surface area contributed by atoms with Crippen molar-refractivity contribution in [3.63, 3.8) is 0 Å². The van der Waals surface area contributed by atoms with E-state index in [2.05, 4.69) is 4.90 Å². The van der Waals surface area contributed by atoms with E-state index in [4.69, 9.17) is 11.6 Å². The van der Waals surface area contributed by atoms with E-state index in [0.717, 1.165) is 5.56 Å². The van der Waals surface area contributed by atoms with Crippen LogP contribution >= 0.6 is 11.6 Å². The molecule has 1 aromatic rings. The van der Waals surface area contributed by atoms with Crippen molar-refractivity contribution < 1.29 is 13.5 Å². The van der Waals surface area contributed by atoms with Gasteiger partial charge in [-0.3, -0.25) is 4.90 Å². The summed E-state index contributed by atoms with van der Waals surface area (Å²) in [5.74, 6) is -0.261. The summed E-state index contributed by atoms with van der Waals surface area (Å²) in [7, 11) is -0.255. The number of aliphatic hydroxyl groups excluding tert-OH is 1. The summed E-state index contributed by atoms with van der Waals surface area (Å²) in [4.78, 5) is 2.07. The Morgan fingerprint density at radius 3 is 2.48 bits per heavy atom. The number of likely N-dealkylation sites (tertiary alicyclic amines) is 1. The minimum Gasteiger partial charge on any atom is -0.391 e. The monoisotopic (exact) mass is 332 g/mol. The number of hydrogen-bond donors (Lipinski definition) is 1. The maximum atomic E-state index is 11.9. The number of hydrogen-bond acceptors (Lipinski definition) is 4. The average molecular weight is 333 g/mol. The lowest BCUT2D eigenvalue weighted by Crippen LogP contribution is -2.33. The fourth-order valence-corrected chi connectivity index (χ4v) is 3.79. The predicted molar refractivity (Wildman–Crippen MR) is 83.7 cm³/mol. The van der Waals surface area contributed by atoms with Gasteiger partial charge in [-0.05, 0) is 17.7 Å². The maximum Gasteiger partial charge on any atom is 0.214 e. The van der Waals surface area contributed by atoms with Crippen molar-refractivity contribution in [2.45, 2.75) is 12.6 Å². The summed E-state index contributed by atoms with van der Waals surface area (Å²) in [6, 6.07) is 7.55. The Morgan fingerprint density at radius 1 is 1.29 bits per heavy atom. The first kappa shape index (κ1) is 16.7. The van der Waals surface area contributed by atoms with Gasteiger partial charge in [0.2, 0.25) is 10.0 Å². The molecule has 0 spiro atoms. The van der Waals surface area contributed by atoms with E-state index < -0.39 is 16.1 Å². The molecule has 2 rings (SSSR count). The van der Waals surface area contributed by atoms with E-state index in [1.807, 2.05) is 24.3 Å². The van der Waals surface area contributed by atoms with Gasteiger partial charge in [0, 0.05) is 44.7 Å². The molecule has 1 heterocycles. The highest BCUT2D eigenvalue weighted by molar-refractivity contribution is 7.89. The van der Waals surface area contributed by atoms with Crippen LogP contribution in [0.15, 0.2) is 24.3 Å². The molecule has 5 nitrogen and oxygen atoms in total. The van der Waals surface area contributed by atoms with E-state index in [1.54, 1.807) is 0 Å². The molecule has 1 saturated heterocycles. The van der Waals surface area contributed by atoms with Crippen LogP contribution in [0.25, 0.3) is 0 Å². The molecule has 1 fully saturated rings. The second-order valence-electron chi connectivity index (χ2n) is 5.71. The van der Waals surface area contributed by atoms with Gasteiger partial charge >= 0.3 is 0 Å². The van der Waals surface area contributed by atoms with Gasteiger partial charge in [-0.2, -0.15) is 0 Å². The zero-order valence-electron chi connectivity index (χ0n) is 12.2. The Kier molecular flexibility index (Phi) is 5.27. The highest BCUT2D eigenvalue weighted by atomic mass is 35.5. The lowest BCUT2D eigenvalue weighted by molar-refractivity contribution is 0.148. The third kappa shape index (κ3) is 4.40. The Morgan fingerprint density at radius 2 is 1.90 bits per heavy atom. The summed E-state index contributed by atoms with van der Waals surface area (Å²) >= 11 is 5.85. The molecule has 0 unspecified atom stereocenters. The van der Waals surface area contributed by atoms with Gasteiger partial charge in [0.1, 0.15) is 0 Å². The number of benzene rings is 1. The molecule has 21 heavy (non-hydrogen) atoms. The second kappa shape index (κ2) is 6.62. The largest absolute Gasteiger partial charge is 0.391 e. The molecule has 0 aromatic heterocycles. The SMILES string of the molecule is CN(C)S(=O)(=O)C[C@@H]1CN(Cc2ccc(Cl)cc2)C[C@H]1O. The van der Waals surface area contributed by atoms with Gasteiger partial charge in [0.25, 0.3) is 0 Å². The van der Waals surface area contributed by atoms with Crippen LogP contribution in [0.1, 0.15) is 5.56 Å². The number of sulfonamides is 1. The first-order chi connectivity index (χ1) is 9.78. The minimum absolute atomic E-state index is 0.0156. The standard InChI is InChI=1S/C14H21ClN2O3S/c1-16(2)21(19,20)10-12-8-17(9-14(12)18)7-11-3-5-13(15)6-4-11/h3-6,12,14,18H,7-10H2,1-2H3/t12-,14+/m0/s1. The van der Waals surface area contributed by atoms with Crippen molar-refractivity contribution in [3.05, 3.63) is 34.9 Å². The van der Waals surface area contributed by atoms with E-state index >= 15 is 0 Å². The van der Waals surface area contributed by atoms with E-state index in [0.29, 0.717) is 24.7 Å². The van der Waals surface area contributed by atoms with Crippen molar-refractivity contribution in [1.82, 2.24) is 9.21 Å². The van der Waals surface area contributed by atoms with Crippen LogP contribution in [0.5, 0.6) is 0 Å². The van der Waals surface area contributed by atoms with Crippen molar-refractivity contribution >= 4 is 21.6 Å². The predicted octanol–water partition coefficient (Wildman–Crippen LogP) is 1.02. The first-order valence-electron chi connectivity index (χ1n) is 6.83. The second-order valence-corrected chi connectivity index (χ2v) is 8.37. The molecule has 0 aliphatic carbocycles. The maximum absolute atomic E-state index is 11.9. The first-order valence-corrected chi connectivity index (χ1v) is 8.82. The van der Waals surface area contributed by atoms with E-state index in [-0.39, 0.29) is 11.7 Å². The molecule has 7 heteroatoms. The topological polar surface area (TPSA) is 60.9 Å². The minimum atomic E-state index is -3.29. The van der Waals surface area contributed by atoms with Gasteiger partial charge in [-0.25, -0.2) is 12.7 Å². The van der Waals surface area contributed by atoms with Crippen LogP contribution in [-0.2, 0) is 16.6 Å². The van der Waals surface area contributed by atoms with Crippen molar-refractivity contribution in [3.8, 4) is 0 Å². The molecule has 0 bridgehead atoms. The van der Waals surface area contributed by atoms with Crippen LogP contribution in [0.3, 0.4) is 0 Å².